The summed E-state index contributed by atoms with van der Waals surface area (Å²) in [7, 11) is 1.51. The van der Waals surface area contributed by atoms with Crippen molar-refractivity contribution in [2.24, 2.45) is 0 Å². The number of benzene rings is 3. The van der Waals surface area contributed by atoms with Gasteiger partial charge >= 0.3 is 5.97 Å². The number of esters is 1. The first-order valence-corrected chi connectivity index (χ1v) is 11.4. The quantitative estimate of drug-likeness (QED) is 0.398. The number of carbonyl (C=O) groups excluding carboxylic acids is 3. The second-order valence-electron chi connectivity index (χ2n) is 7.73. The van der Waals surface area contributed by atoms with Crippen molar-refractivity contribution in [1.29, 1.82) is 0 Å². The Balaban J connectivity index is 1.28. The lowest BCUT2D eigenvalue weighted by Crippen LogP contribution is -2.26. The van der Waals surface area contributed by atoms with Gasteiger partial charge in [0.25, 0.3) is 5.91 Å². The Kier molecular flexibility index (Phi) is 5.62. The molecular formula is C25H20N2O6S. The molecule has 2 heterocycles. The first-order chi connectivity index (χ1) is 16.4. The zero-order valence-electron chi connectivity index (χ0n) is 18.3. The highest BCUT2D eigenvalue weighted by molar-refractivity contribution is 8.00. The van der Waals surface area contributed by atoms with Crippen LogP contribution in [-0.4, -0.2) is 36.8 Å². The van der Waals surface area contributed by atoms with Crippen molar-refractivity contribution in [2.45, 2.75) is 17.1 Å². The van der Waals surface area contributed by atoms with Crippen LogP contribution < -0.4 is 15.4 Å². The molecule has 8 nitrogen and oxygen atoms in total. The summed E-state index contributed by atoms with van der Waals surface area (Å²) in [6.07, 6.45) is 0. The Hall–Kier alpha value is -3.98. The maximum atomic E-state index is 12.5. The maximum Gasteiger partial charge on any atom is 0.338 e. The summed E-state index contributed by atoms with van der Waals surface area (Å²) in [5.74, 6) is -0.873. The Morgan fingerprint density at radius 3 is 2.74 bits per heavy atom. The fourth-order valence-corrected chi connectivity index (χ4v) is 4.68. The molecule has 1 aliphatic heterocycles. The number of methoxy groups -OCH3 is 1. The topological polar surface area (TPSA) is 107 Å². The van der Waals surface area contributed by atoms with E-state index in [0.29, 0.717) is 22.7 Å². The molecule has 1 aromatic heterocycles. The highest BCUT2D eigenvalue weighted by atomic mass is 32.2. The second kappa shape index (κ2) is 8.75. The highest BCUT2D eigenvalue weighted by Crippen LogP contribution is 2.37. The maximum absolute atomic E-state index is 12.5. The number of nitrogens with one attached hydrogen (secondary N) is 2. The summed E-state index contributed by atoms with van der Waals surface area (Å²) in [4.78, 5) is 37.7. The number of fused-ring (bicyclic) bond motifs is 4. The molecule has 5 rings (SSSR count). The molecule has 0 spiro atoms. The fourth-order valence-electron chi connectivity index (χ4n) is 3.75. The number of furan rings is 1. The Bertz CT molecular complexity index is 1460. The van der Waals surface area contributed by atoms with Crippen molar-refractivity contribution in [3.05, 3.63) is 60.2 Å². The lowest BCUT2D eigenvalue weighted by Gasteiger charge is -2.21. The summed E-state index contributed by atoms with van der Waals surface area (Å²) in [6, 6.07) is 16.0. The molecule has 172 valence electrons. The lowest BCUT2D eigenvalue weighted by molar-refractivity contribution is -0.119. The van der Waals surface area contributed by atoms with Crippen LogP contribution >= 0.6 is 11.8 Å². The van der Waals surface area contributed by atoms with E-state index in [1.165, 1.54) is 18.9 Å². The number of ether oxygens (including phenoxy) is 2. The first kappa shape index (κ1) is 21.8. The van der Waals surface area contributed by atoms with Gasteiger partial charge in [0.1, 0.15) is 16.9 Å². The van der Waals surface area contributed by atoms with Crippen molar-refractivity contribution in [2.75, 3.05) is 24.4 Å². The first-order valence-electron chi connectivity index (χ1n) is 10.5. The Labute approximate surface area is 198 Å². The van der Waals surface area contributed by atoms with E-state index in [2.05, 4.69) is 10.6 Å². The molecular weight excluding hydrogens is 456 g/mol. The van der Waals surface area contributed by atoms with Crippen LogP contribution in [0.25, 0.3) is 21.9 Å². The van der Waals surface area contributed by atoms with Crippen LogP contribution in [0.1, 0.15) is 17.3 Å². The summed E-state index contributed by atoms with van der Waals surface area (Å²) in [5, 5.41) is 7.08. The van der Waals surface area contributed by atoms with Crippen LogP contribution in [-0.2, 0) is 14.3 Å². The van der Waals surface area contributed by atoms with Crippen LogP contribution in [0.15, 0.2) is 63.9 Å². The van der Waals surface area contributed by atoms with Crippen molar-refractivity contribution >= 4 is 62.9 Å². The summed E-state index contributed by atoms with van der Waals surface area (Å²) < 4.78 is 16.5. The molecule has 2 amide bonds. The number of thioether (sulfide) groups is 1. The average Bonchev–Trinajstić information content (AvgIpc) is 3.19. The molecule has 9 heteroatoms. The van der Waals surface area contributed by atoms with E-state index in [1.807, 2.05) is 31.2 Å². The zero-order valence-corrected chi connectivity index (χ0v) is 19.2. The number of anilines is 2. The summed E-state index contributed by atoms with van der Waals surface area (Å²) >= 11 is 1.42. The van der Waals surface area contributed by atoms with Gasteiger partial charge in [0, 0.05) is 21.7 Å². The van der Waals surface area contributed by atoms with Crippen LogP contribution in [0.4, 0.5) is 11.4 Å². The molecule has 3 aromatic carbocycles. The van der Waals surface area contributed by atoms with E-state index in [4.69, 9.17) is 13.9 Å². The van der Waals surface area contributed by atoms with Crippen molar-refractivity contribution in [1.82, 2.24) is 0 Å². The van der Waals surface area contributed by atoms with Gasteiger partial charge < -0.3 is 24.5 Å². The molecule has 0 radical (unpaired) electrons. The van der Waals surface area contributed by atoms with Gasteiger partial charge in [0.05, 0.1) is 29.3 Å². The van der Waals surface area contributed by atoms with Gasteiger partial charge in [-0.2, -0.15) is 0 Å². The number of hydrogen-bond acceptors (Lipinski definition) is 7. The van der Waals surface area contributed by atoms with Crippen molar-refractivity contribution in [3.8, 4) is 5.75 Å². The molecule has 0 bridgehead atoms. The van der Waals surface area contributed by atoms with E-state index < -0.39 is 18.5 Å². The second-order valence-corrected chi connectivity index (χ2v) is 9.11. The predicted octanol–water partition coefficient (Wildman–Crippen LogP) is 4.82. The number of rotatable bonds is 5. The number of hydrogen-bond donors (Lipinski definition) is 2. The van der Waals surface area contributed by atoms with E-state index in [0.717, 1.165) is 21.3 Å². The van der Waals surface area contributed by atoms with Gasteiger partial charge in [-0.25, -0.2) is 4.79 Å². The van der Waals surface area contributed by atoms with Crippen molar-refractivity contribution < 1.29 is 28.3 Å². The average molecular weight is 477 g/mol. The normalized spacial score (nSPS) is 15.0. The molecule has 1 aliphatic rings. The molecule has 0 saturated carbocycles. The fraction of sp³-hybridized carbons (Fsp3) is 0.160. The molecule has 0 saturated heterocycles. The van der Waals surface area contributed by atoms with E-state index in [1.54, 1.807) is 30.3 Å². The SMILES string of the molecule is COc1cc2c(cc1NC(=O)COC(=O)c1ccc3c(c1)NC(=O)C(C)S3)oc1ccccc12. The Morgan fingerprint density at radius 1 is 1.09 bits per heavy atom. The molecule has 0 aliphatic carbocycles. The standard InChI is InChI=1S/C25H20N2O6S/c1-13-24(29)27-18-9-14(7-8-22(18)34-13)25(30)32-12-23(28)26-17-11-20-16(10-21(17)31-2)15-5-3-4-6-19(15)33-20/h3-11,13H,12H2,1-2H3,(H,26,28)(H,27,29). The van der Waals surface area contributed by atoms with Gasteiger partial charge in [-0.1, -0.05) is 18.2 Å². The minimum Gasteiger partial charge on any atom is -0.495 e. The van der Waals surface area contributed by atoms with Crippen molar-refractivity contribution in [3.63, 3.8) is 0 Å². The van der Waals surface area contributed by atoms with Gasteiger partial charge in [-0.3, -0.25) is 9.59 Å². The van der Waals surface area contributed by atoms with Gasteiger partial charge in [0.15, 0.2) is 6.61 Å². The zero-order chi connectivity index (χ0) is 23.8. The third kappa shape index (κ3) is 4.06. The smallest absolute Gasteiger partial charge is 0.338 e. The highest BCUT2D eigenvalue weighted by Gasteiger charge is 2.24. The van der Waals surface area contributed by atoms with Gasteiger partial charge in [0.2, 0.25) is 5.91 Å². The third-order valence-electron chi connectivity index (χ3n) is 5.45. The lowest BCUT2D eigenvalue weighted by atomic mass is 10.1. The van der Waals surface area contributed by atoms with Crippen LogP contribution in [0.2, 0.25) is 0 Å². The molecule has 4 aromatic rings. The van der Waals surface area contributed by atoms with Crippen LogP contribution in [0.3, 0.4) is 0 Å². The van der Waals surface area contributed by atoms with Gasteiger partial charge in [-0.05, 0) is 37.3 Å². The van der Waals surface area contributed by atoms with E-state index in [9.17, 15) is 14.4 Å². The van der Waals surface area contributed by atoms with E-state index in [-0.39, 0.29) is 16.7 Å². The largest absolute Gasteiger partial charge is 0.495 e. The molecule has 0 fully saturated rings. The minimum absolute atomic E-state index is 0.127. The Morgan fingerprint density at radius 2 is 1.91 bits per heavy atom. The van der Waals surface area contributed by atoms with Crippen LogP contribution in [0.5, 0.6) is 5.75 Å². The predicted molar refractivity (Wildman–Crippen MR) is 130 cm³/mol. The molecule has 1 atom stereocenters. The molecule has 1 unspecified atom stereocenters. The third-order valence-corrected chi connectivity index (χ3v) is 6.63. The monoisotopic (exact) mass is 476 g/mol. The number of amides is 2. The van der Waals surface area contributed by atoms with Crippen LogP contribution in [0, 0.1) is 0 Å². The van der Waals surface area contributed by atoms with Gasteiger partial charge in [-0.15, -0.1) is 11.8 Å². The van der Waals surface area contributed by atoms with E-state index >= 15 is 0 Å². The summed E-state index contributed by atoms with van der Waals surface area (Å²) in [6.45, 7) is 1.32. The molecule has 2 N–H and O–H groups in total. The minimum atomic E-state index is -0.671. The number of para-hydroxylation sites is 1. The molecule has 34 heavy (non-hydrogen) atoms. The summed E-state index contributed by atoms with van der Waals surface area (Å²) in [5.41, 5.74) is 2.51. The number of carbonyl (C=O) groups is 3.